The Labute approximate surface area is 107 Å². The molecule has 0 fully saturated rings. The highest BCUT2D eigenvalue weighted by atomic mass is 79.9. The Kier molecular flexibility index (Phi) is 5.09. The molecular formula is C11H7BrCl2O. The Hall–Kier alpha value is -0.570. The molecule has 15 heavy (non-hydrogen) atoms. The smallest absolute Gasteiger partial charge is 0.185 e. The first-order valence-electron chi connectivity index (χ1n) is 4.09. The molecular weight excluding hydrogens is 299 g/mol. The van der Waals surface area contributed by atoms with E-state index in [0.29, 0.717) is 5.56 Å². The van der Waals surface area contributed by atoms with Crippen molar-refractivity contribution in [1.82, 2.24) is 0 Å². The Morgan fingerprint density at radius 3 is 2.67 bits per heavy atom. The lowest BCUT2D eigenvalue weighted by Crippen LogP contribution is -1.92. The van der Waals surface area contributed by atoms with Gasteiger partial charge in [0.05, 0.1) is 0 Å². The van der Waals surface area contributed by atoms with Crippen molar-refractivity contribution >= 4 is 44.9 Å². The second-order valence-electron chi connectivity index (χ2n) is 2.69. The van der Waals surface area contributed by atoms with E-state index in [-0.39, 0.29) is 10.3 Å². The SMILES string of the molecule is O=C(/C=C/C=C(Cl)Cl)c1cccc(Br)c1. The van der Waals surface area contributed by atoms with Crippen molar-refractivity contribution in [3.63, 3.8) is 0 Å². The second-order valence-corrected chi connectivity index (χ2v) is 4.61. The number of allylic oxidation sites excluding steroid dienone is 3. The molecule has 0 saturated heterocycles. The van der Waals surface area contributed by atoms with Crippen molar-refractivity contribution < 1.29 is 4.79 Å². The lowest BCUT2D eigenvalue weighted by Gasteiger charge is -1.95. The van der Waals surface area contributed by atoms with Gasteiger partial charge in [-0.25, -0.2) is 0 Å². The maximum atomic E-state index is 11.6. The third-order valence-electron chi connectivity index (χ3n) is 1.58. The van der Waals surface area contributed by atoms with Crippen LogP contribution in [0.5, 0.6) is 0 Å². The molecule has 0 saturated carbocycles. The lowest BCUT2D eigenvalue weighted by atomic mass is 10.1. The van der Waals surface area contributed by atoms with Crippen molar-refractivity contribution in [1.29, 1.82) is 0 Å². The number of ketones is 1. The number of halogens is 3. The van der Waals surface area contributed by atoms with Crippen molar-refractivity contribution in [2.45, 2.75) is 0 Å². The number of rotatable bonds is 3. The minimum absolute atomic E-state index is 0.0952. The van der Waals surface area contributed by atoms with E-state index < -0.39 is 0 Å². The monoisotopic (exact) mass is 304 g/mol. The van der Waals surface area contributed by atoms with E-state index in [1.165, 1.54) is 18.2 Å². The summed E-state index contributed by atoms with van der Waals surface area (Å²) in [4.78, 5) is 11.6. The van der Waals surface area contributed by atoms with Gasteiger partial charge < -0.3 is 0 Å². The van der Waals surface area contributed by atoms with Crippen LogP contribution >= 0.6 is 39.1 Å². The summed E-state index contributed by atoms with van der Waals surface area (Å²) in [5.74, 6) is -0.0952. The summed E-state index contributed by atoms with van der Waals surface area (Å²) in [5.41, 5.74) is 0.611. The topological polar surface area (TPSA) is 17.1 Å². The number of carbonyl (C=O) groups is 1. The highest BCUT2D eigenvalue weighted by Gasteiger charge is 2.00. The molecule has 1 aromatic rings. The van der Waals surface area contributed by atoms with Gasteiger partial charge in [-0.2, -0.15) is 0 Å². The van der Waals surface area contributed by atoms with Gasteiger partial charge in [0.25, 0.3) is 0 Å². The van der Waals surface area contributed by atoms with Crippen LogP contribution in [0.15, 0.2) is 51.5 Å². The van der Waals surface area contributed by atoms with E-state index in [1.807, 2.05) is 6.07 Å². The van der Waals surface area contributed by atoms with Gasteiger partial charge in [-0.15, -0.1) is 0 Å². The molecule has 0 radical (unpaired) electrons. The first-order valence-corrected chi connectivity index (χ1v) is 5.64. The molecule has 0 bridgehead atoms. The highest BCUT2D eigenvalue weighted by molar-refractivity contribution is 9.10. The van der Waals surface area contributed by atoms with Gasteiger partial charge in [-0.3, -0.25) is 4.79 Å². The molecule has 0 N–H and O–H groups in total. The zero-order chi connectivity index (χ0) is 11.3. The maximum absolute atomic E-state index is 11.6. The van der Waals surface area contributed by atoms with Crippen LogP contribution in [0.25, 0.3) is 0 Å². The number of benzene rings is 1. The Morgan fingerprint density at radius 1 is 1.33 bits per heavy atom. The summed E-state index contributed by atoms with van der Waals surface area (Å²) in [6, 6.07) is 7.15. The summed E-state index contributed by atoms with van der Waals surface area (Å²) in [5, 5.41) is 0. The molecule has 0 aliphatic carbocycles. The molecule has 0 amide bonds. The van der Waals surface area contributed by atoms with E-state index in [2.05, 4.69) is 15.9 Å². The van der Waals surface area contributed by atoms with E-state index >= 15 is 0 Å². The summed E-state index contributed by atoms with van der Waals surface area (Å²) in [7, 11) is 0. The lowest BCUT2D eigenvalue weighted by molar-refractivity contribution is 0.104. The summed E-state index contributed by atoms with van der Waals surface area (Å²) in [6.45, 7) is 0. The van der Waals surface area contributed by atoms with Gasteiger partial charge in [0.1, 0.15) is 4.49 Å². The van der Waals surface area contributed by atoms with Crippen LogP contribution in [0.2, 0.25) is 0 Å². The fourth-order valence-corrected chi connectivity index (χ4v) is 1.49. The van der Waals surface area contributed by atoms with Crippen LogP contribution in [-0.2, 0) is 0 Å². The minimum Gasteiger partial charge on any atom is -0.289 e. The third kappa shape index (κ3) is 4.65. The van der Waals surface area contributed by atoms with Crippen molar-refractivity contribution in [3.8, 4) is 0 Å². The maximum Gasteiger partial charge on any atom is 0.185 e. The molecule has 1 nitrogen and oxygen atoms in total. The van der Waals surface area contributed by atoms with Crippen LogP contribution in [0.1, 0.15) is 10.4 Å². The first-order chi connectivity index (χ1) is 7.09. The average Bonchev–Trinajstić information content (AvgIpc) is 2.17. The van der Waals surface area contributed by atoms with Crippen LogP contribution < -0.4 is 0 Å². The Balaban J connectivity index is 2.78. The fourth-order valence-electron chi connectivity index (χ4n) is 0.946. The normalized spacial score (nSPS) is 10.3. The van der Waals surface area contributed by atoms with Crippen molar-refractivity contribution in [3.05, 3.63) is 57.0 Å². The molecule has 0 heterocycles. The van der Waals surface area contributed by atoms with Gasteiger partial charge in [0.2, 0.25) is 0 Å². The Morgan fingerprint density at radius 2 is 2.07 bits per heavy atom. The van der Waals surface area contributed by atoms with Gasteiger partial charge in [0, 0.05) is 10.0 Å². The Bertz CT molecular complexity index is 420. The van der Waals surface area contributed by atoms with Crippen molar-refractivity contribution in [2.75, 3.05) is 0 Å². The van der Waals surface area contributed by atoms with Gasteiger partial charge in [-0.1, -0.05) is 57.3 Å². The van der Waals surface area contributed by atoms with Gasteiger partial charge >= 0.3 is 0 Å². The third-order valence-corrected chi connectivity index (χ3v) is 2.32. The van der Waals surface area contributed by atoms with E-state index in [4.69, 9.17) is 23.2 Å². The quantitative estimate of drug-likeness (QED) is 0.456. The molecule has 0 aromatic heterocycles. The zero-order valence-corrected chi connectivity index (χ0v) is 10.7. The summed E-state index contributed by atoms with van der Waals surface area (Å²) in [6.07, 6.45) is 4.37. The molecule has 0 unspecified atom stereocenters. The second kappa shape index (κ2) is 6.11. The number of hydrogen-bond acceptors (Lipinski definition) is 1. The van der Waals surface area contributed by atoms with E-state index in [1.54, 1.807) is 18.2 Å². The molecule has 0 aliphatic rings. The fraction of sp³-hybridized carbons (Fsp3) is 0. The van der Waals surface area contributed by atoms with Gasteiger partial charge in [0.15, 0.2) is 5.78 Å². The van der Waals surface area contributed by atoms with Crippen LogP contribution in [-0.4, -0.2) is 5.78 Å². The predicted molar refractivity (Wildman–Crippen MR) is 67.4 cm³/mol. The summed E-state index contributed by atoms with van der Waals surface area (Å²) < 4.78 is 0.987. The van der Waals surface area contributed by atoms with E-state index in [0.717, 1.165) is 4.47 Å². The van der Waals surface area contributed by atoms with Crippen LogP contribution in [0.4, 0.5) is 0 Å². The largest absolute Gasteiger partial charge is 0.289 e. The number of carbonyl (C=O) groups excluding carboxylic acids is 1. The molecule has 4 heteroatoms. The molecule has 0 spiro atoms. The molecule has 0 atom stereocenters. The summed E-state index contributed by atoms with van der Waals surface area (Å²) >= 11 is 14.1. The molecule has 78 valence electrons. The first kappa shape index (κ1) is 12.5. The highest BCUT2D eigenvalue weighted by Crippen LogP contribution is 2.12. The predicted octanol–water partition coefficient (Wildman–Crippen LogP) is 4.51. The average molecular weight is 306 g/mol. The molecule has 0 aliphatic heterocycles. The molecule has 1 rings (SSSR count). The van der Waals surface area contributed by atoms with Crippen molar-refractivity contribution in [2.24, 2.45) is 0 Å². The standard InChI is InChI=1S/C11H7BrCl2O/c12-9-4-1-3-8(7-9)10(15)5-2-6-11(13)14/h1-7H/b5-2+. The zero-order valence-electron chi connectivity index (χ0n) is 7.58. The molecule has 1 aromatic carbocycles. The number of hydrogen-bond donors (Lipinski definition) is 0. The minimum atomic E-state index is -0.0952. The van der Waals surface area contributed by atoms with Crippen LogP contribution in [0.3, 0.4) is 0 Å². The van der Waals surface area contributed by atoms with Crippen LogP contribution in [0, 0.1) is 0 Å². The van der Waals surface area contributed by atoms with Gasteiger partial charge in [-0.05, 0) is 24.3 Å². The van der Waals surface area contributed by atoms with E-state index in [9.17, 15) is 4.79 Å².